The van der Waals surface area contributed by atoms with E-state index in [4.69, 9.17) is 0 Å². The fourth-order valence-corrected chi connectivity index (χ4v) is 1.15. The van der Waals surface area contributed by atoms with Crippen LogP contribution in [0.25, 0.3) is 0 Å². The van der Waals surface area contributed by atoms with Crippen LogP contribution in [0.3, 0.4) is 0 Å². The topological polar surface area (TPSA) is 50.4 Å². The molecule has 1 rings (SSSR count). The summed E-state index contributed by atoms with van der Waals surface area (Å²) in [5, 5.41) is 4.98. The Morgan fingerprint density at radius 2 is 1.89 bits per heavy atom. The van der Waals surface area contributed by atoms with Gasteiger partial charge >= 0.3 is 12.4 Å². The number of hydrogen-bond donors (Lipinski definition) is 2. The molecule has 0 spiro atoms. The molecule has 0 aliphatic heterocycles. The second-order valence-corrected chi connectivity index (χ2v) is 3.84. The second-order valence-electron chi connectivity index (χ2n) is 3.84. The van der Waals surface area contributed by atoms with Crippen molar-refractivity contribution in [3.63, 3.8) is 0 Å². The Morgan fingerprint density at radius 1 is 1.32 bits per heavy atom. The molecule has 0 aromatic heterocycles. The molecule has 0 radical (unpaired) electrons. The van der Waals surface area contributed by atoms with Gasteiger partial charge in [-0.1, -0.05) is 12.2 Å². The summed E-state index contributed by atoms with van der Waals surface area (Å²) in [6.45, 7) is 5.69. The van der Waals surface area contributed by atoms with Crippen LogP contribution in [0, 0.1) is 0 Å². The van der Waals surface area contributed by atoms with E-state index in [1.807, 2.05) is 0 Å². The molecule has 0 aliphatic carbocycles. The summed E-state index contributed by atoms with van der Waals surface area (Å²) in [6, 6.07) is 4.37. The van der Waals surface area contributed by atoms with Crippen molar-refractivity contribution in [3.05, 3.63) is 36.4 Å². The van der Waals surface area contributed by atoms with Crippen molar-refractivity contribution < 1.29 is 22.7 Å². The van der Waals surface area contributed by atoms with Crippen LogP contribution in [-0.2, 0) is 0 Å². The van der Waals surface area contributed by atoms with Gasteiger partial charge in [-0.2, -0.15) is 0 Å². The zero-order chi connectivity index (χ0) is 14.5. The maximum atomic E-state index is 11.9. The molecule has 2 amide bonds. The first-order chi connectivity index (χ1) is 8.76. The zero-order valence-corrected chi connectivity index (χ0v) is 10.2. The fourth-order valence-electron chi connectivity index (χ4n) is 1.15. The number of anilines is 1. The summed E-state index contributed by atoms with van der Waals surface area (Å²) in [6.07, 6.45) is -4.73. The van der Waals surface area contributed by atoms with Crippen LogP contribution in [0.15, 0.2) is 36.4 Å². The van der Waals surface area contributed by atoms with Gasteiger partial charge in [0.2, 0.25) is 0 Å². The third-order valence-corrected chi connectivity index (χ3v) is 1.90. The number of ether oxygens (including phenoxy) is 1. The number of carbonyl (C=O) groups is 1. The first-order valence-corrected chi connectivity index (χ1v) is 5.31. The van der Waals surface area contributed by atoms with Crippen LogP contribution in [0.1, 0.15) is 6.92 Å². The third kappa shape index (κ3) is 6.35. The number of nitrogens with one attached hydrogen (secondary N) is 2. The number of halogens is 3. The van der Waals surface area contributed by atoms with Crippen LogP contribution in [0.4, 0.5) is 23.7 Å². The van der Waals surface area contributed by atoms with Gasteiger partial charge < -0.3 is 15.4 Å². The van der Waals surface area contributed by atoms with Gasteiger partial charge in [0, 0.05) is 12.2 Å². The predicted molar refractivity (Wildman–Crippen MR) is 65.0 cm³/mol. The van der Waals surface area contributed by atoms with Crippen molar-refractivity contribution in [2.24, 2.45) is 0 Å². The molecule has 0 atom stereocenters. The Balaban J connectivity index is 2.52. The van der Waals surface area contributed by atoms with Crippen molar-refractivity contribution in [3.8, 4) is 5.75 Å². The van der Waals surface area contributed by atoms with Gasteiger partial charge in [-0.3, -0.25) is 0 Å². The largest absolute Gasteiger partial charge is 0.573 e. The molecule has 7 heteroatoms. The maximum absolute atomic E-state index is 11.9. The van der Waals surface area contributed by atoms with E-state index in [2.05, 4.69) is 21.9 Å². The second kappa shape index (κ2) is 6.12. The minimum atomic E-state index is -4.73. The SMILES string of the molecule is C=C(C)CNC(=O)Nc1ccc(OC(F)(F)F)cc1. The molecule has 19 heavy (non-hydrogen) atoms. The molecule has 0 saturated carbocycles. The molecule has 0 unspecified atom stereocenters. The lowest BCUT2D eigenvalue weighted by Gasteiger charge is -2.10. The highest BCUT2D eigenvalue weighted by Gasteiger charge is 2.30. The molecule has 4 nitrogen and oxygen atoms in total. The normalized spacial score (nSPS) is 10.7. The van der Waals surface area contributed by atoms with Crippen molar-refractivity contribution in [1.29, 1.82) is 0 Å². The number of benzene rings is 1. The number of amides is 2. The lowest BCUT2D eigenvalue weighted by molar-refractivity contribution is -0.274. The number of hydrogen-bond acceptors (Lipinski definition) is 2. The number of rotatable bonds is 4. The highest BCUT2D eigenvalue weighted by Crippen LogP contribution is 2.23. The molecule has 1 aromatic rings. The standard InChI is InChI=1S/C12H13F3N2O2/c1-8(2)7-16-11(18)17-9-3-5-10(6-4-9)19-12(13,14)15/h3-6H,1,7H2,2H3,(H2,16,17,18). The summed E-state index contributed by atoms with van der Waals surface area (Å²) < 4.78 is 39.5. The Kier molecular flexibility index (Phi) is 4.80. The minimum absolute atomic E-state index is 0.321. The molecule has 0 saturated heterocycles. The molecule has 1 aromatic carbocycles. The van der Waals surface area contributed by atoms with E-state index in [1.165, 1.54) is 12.1 Å². The lowest BCUT2D eigenvalue weighted by atomic mass is 10.3. The van der Waals surface area contributed by atoms with E-state index in [1.54, 1.807) is 6.92 Å². The van der Waals surface area contributed by atoms with Gasteiger partial charge in [0.1, 0.15) is 5.75 Å². The molecule has 0 aliphatic rings. The first kappa shape index (κ1) is 14.9. The molecule has 0 bridgehead atoms. The smallest absolute Gasteiger partial charge is 0.406 e. The van der Waals surface area contributed by atoms with Crippen molar-refractivity contribution in [1.82, 2.24) is 5.32 Å². The van der Waals surface area contributed by atoms with E-state index in [0.717, 1.165) is 17.7 Å². The summed E-state index contributed by atoms with van der Waals surface area (Å²) in [4.78, 5) is 11.4. The van der Waals surface area contributed by atoms with E-state index in [9.17, 15) is 18.0 Å². The van der Waals surface area contributed by atoms with E-state index >= 15 is 0 Å². The number of urea groups is 1. The monoisotopic (exact) mass is 274 g/mol. The van der Waals surface area contributed by atoms with Gasteiger partial charge in [0.25, 0.3) is 0 Å². The van der Waals surface area contributed by atoms with Crippen molar-refractivity contribution in [2.75, 3.05) is 11.9 Å². The first-order valence-electron chi connectivity index (χ1n) is 5.31. The van der Waals surface area contributed by atoms with Crippen LogP contribution in [0.5, 0.6) is 5.75 Å². The molecular weight excluding hydrogens is 261 g/mol. The van der Waals surface area contributed by atoms with Crippen molar-refractivity contribution >= 4 is 11.7 Å². The Bertz CT molecular complexity index is 455. The Morgan fingerprint density at radius 3 is 2.37 bits per heavy atom. The van der Waals surface area contributed by atoms with Gasteiger partial charge in [-0.05, 0) is 31.2 Å². The van der Waals surface area contributed by atoms with E-state index < -0.39 is 12.4 Å². The van der Waals surface area contributed by atoms with E-state index in [0.29, 0.717) is 12.2 Å². The van der Waals surface area contributed by atoms with Gasteiger partial charge in [-0.15, -0.1) is 13.2 Å². The zero-order valence-electron chi connectivity index (χ0n) is 10.2. The Hall–Kier alpha value is -2.18. The highest BCUT2D eigenvalue weighted by atomic mass is 19.4. The predicted octanol–water partition coefficient (Wildman–Crippen LogP) is 3.28. The number of carbonyl (C=O) groups excluding carboxylic acids is 1. The minimum Gasteiger partial charge on any atom is -0.406 e. The molecule has 0 heterocycles. The highest BCUT2D eigenvalue weighted by molar-refractivity contribution is 5.89. The summed E-state index contributed by atoms with van der Waals surface area (Å²) >= 11 is 0. The molecule has 2 N–H and O–H groups in total. The summed E-state index contributed by atoms with van der Waals surface area (Å²) in [7, 11) is 0. The van der Waals surface area contributed by atoms with Gasteiger partial charge in [0.05, 0.1) is 0 Å². The lowest BCUT2D eigenvalue weighted by Crippen LogP contribution is -2.29. The molecule has 0 fully saturated rings. The average molecular weight is 274 g/mol. The molecular formula is C12H13F3N2O2. The summed E-state index contributed by atoms with van der Waals surface area (Å²) in [5.74, 6) is -0.347. The van der Waals surface area contributed by atoms with Crippen LogP contribution < -0.4 is 15.4 Å². The molecule has 104 valence electrons. The quantitative estimate of drug-likeness (QED) is 0.828. The third-order valence-electron chi connectivity index (χ3n) is 1.90. The van der Waals surface area contributed by atoms with Crippen LogP contribution in [-0.4, -0.2) is 18.9 Å². The summed E-state index contributed by atoms with van der Waals surface area (Å²) in [5.41, 5.74) is 1.14. The average Bonchev–Trinajstić information content (AvgIpc) is 2.27. The van der Waals surface area contributed by atoms with Crippen molar-refractivity contribution in [2.45, 2.75) is 13.3 Å². The Labute approximate surface area is 108 Å². The van der Waals surface area contributed by atoms with Crippen LogP contribution >= 0.6 is 0 Å². The maximum Gasteiger partial charge on any atom is 0.573 e. The fraction of sp³-hybridized carbons (Fsp3) is 0.250. The van der Waals surface area contributed by atoms with Gasteiger partial charge in [-0.25, -0.2) is 4.79 Å². The van der Waals surface area contributed by atoms with Crippen LogP contribution in [0.2, 0.25) is 0 Å². The van der Waals surface area contributed by atoms with E-state index in [-0.39, 0.29) is 5.75 Å². The number of alkyl halides is 3. The van der Waals surface area contributed by atoms with Gasteiger partial charge in [0.15, 0.2) is 0 Å².